The second-order valence-corrected chi connectivity index (χ2v) is 5.97. The molecule has 3 rings (SSSR count). The van der Waals surface area contributed by atoms with E-state index in [-0.39, 0.29) is 17.0 Å². The van der Waals surface area contributed by atoms with Crippen LogP contribution in [0.15, 0.2) is 65.5 Å². The zero-order valence-electron chi connectivity index (χ0n) is 14.2. The lowest BCUT2D eigenvalue weighted by Crippen LogP contribution is -2.30. The number of halogens is 1. The lowest BCUT2D eigenvalue weighted by atomic mass is 10.0. The molecule has 0 aliphatic heterocycles. The second kappa shape index (κ2) is 7.74. The third-order valence-corrected chi connectivity index (χ3v) is 3.92. The van der Waals surface area contributed by atoms with E-state index in [1.807, 2.05) is 30.3 Å². The molecule has 0 aliphatic rings. The van der Waals surface area contributed by atoms with Crippen molar-refractivity contribution in [2.24, 2.45) is 0 Å². The monoisotopic (exact) mass is 351 g/mol. The van der Waals surface area contributed by atoms with Crippen molar-refractivity contribution >= 4 is 5.91 Å². The Bertz CT molecular complexity index is 970. The highest BCUT2D eigenvalue weighted by atomic mass is 19.1. The summed E-state index contributed by atoms with van der Waals surface area (Å²) in [4.78, 5) is 31.2. The van der Waals surface area contributed by atoms with Crippen LogP contribution in [0.2, 0.25) is 0 Å². The quantitative estimate of drug-likeness (QED) is 0.742. The summed E-state index contributed by atoms with van der Waals surface area (Å²) in [6.07, 6.45) is 0.343. The number of H-pyrrole nitrogens is 1. The Balaban J connectivity index is 1.88. The first-order valence-corrected chi connectivity index (χ1v) is 8.19. The molecule has 1 heterocycles. The van der Waals surface area contributed by atoms with E-state index in [0.717, 1.165) is 5.56 Å². The summed E-state index contributed by atoms with van der Waals surface area (Å²) in [5.74, 6) is -0.350. The molecule has 1 atom stereocenters. The van der Waals surface area contributed by atoms with Crippen molar-refractivity contribution in [2.45, 2.75) is 19.4 Å². The minimum Gasteiger partial charge on any atom is -0.345 e. The maximum Gasteiger partial charge on any atom is 0.251 e. The molecular formula is C20H18FN3O2. The number of benzene rings is 2. The van der Waals surface area contributed by atoms with E-state index < -0.39 is 11.9 Å². The Morgan fingerprint density at radius 2 is 1.92 bits per heavy atom. The Labute approximate surface area is 149 Å². The molecular weight excluding hydrogens is 333 g/mol. The molecule has 0 saturated carbocycles. The summed E-state index contributed by atoms with van der Waals surface area (Å²) in [5, 5.41) is 2.91. The highest BCUT2D eigenvalue weighted by molar-refractivity contribution is 5.94. The number of nitrogens with zero attached hydrogens (tertiary/aromatic N) is 1. The standard InChI is InChI=1S/C20H18FN3O2/c1-13-22-17(12-19(25)23-13)11-18(14-6-3-2-4-7-14)24-20(26)15-8-5-9-16(21)10-15/h2-10,12,18H,11H2,1H3,(H,24,26)(H,22,23,25)/t18-/m0/s1. The van der Waals surface area contributed by atoms with Crippen LogP contribution in [0.4, 0.5) is 4.39 Å². The number of carbonyl (C=O) groups excluding carboxylic acids is 1. The molecule has 2 N–H and O–H groups in total. The van der Waals surface area contributed by atoms with Gasteiger partial charge in [0.1, 0.15) is 11.6 Å². The highest BCUT2D eigenvalue weighted by Gasteiger charge is 2.18. The van der Waals surface area contributed by atoms with Crippen LogP contribution in [0.3, 0.4) is 0 Å². The summed E-state index contributed by atoms with van der Waals surface area (Å²) in [6.45, 7) is 1.70. The van der Waals surface area contributed by atoms with Crippen LogP contribution in [0.25, 0.3) is 0 Å². The molecule has 5 nitrogen and oxygen atoms in total. The average molecular weight is 351 g/mol. The molecule has 6 heteroatoms. The predicted octanol–water partition coefficient (Wildman–Crippen LogP) is 2.93. The summed E-state index contributed by atoms with van der Waals surface area (Å²) in [7, 11) is 0. The topological polar surface area (TPSA) is 74.8 Å². The van der Waals surface area contributed by atoms with Gasteiger partial charge in [-0.25, -0.2) is 9.37 Å². The van der Waals surface area contributed by atoms with Gasteiger partial charge in [0.05, 0.1) is 11.7 Å². The van der Waals surface area contributed by atoms with Crippen molar-refractivity contribution in [2.75, 3.05) is 0 Å². The largest absolute Gasteiger partial charge is 0.345 e. The van der Waals surface area contributed by atoms with E-state index in [9.17, 15) is 14.0 Å². The molecule has 0 saturated heterocycles. The molecule has 26 heavy (non-hydrogen) atoms. The minimum absolute atomic E-state index is 0.237. The van der Waals surface area contributed by atoms with Crippen molar-refractivity contribution in [3.8, 4) is 0 Å². The van der Waals surface area contributed by atoms with Gasteiger partial charge in [0.25, 0.3) is 11.5 Å². The molecule has 0 aliphatic carbocycles. The third kappa shape index (κ3) is 4.42. The van der Waals surface area contributed by atoms with E-state index in [4.69, 9.17) is 0 Å². The fourth-order valence-electron chi connectivity index (χ4n) is 2.76. The Morgan fingerprint density at radius 3 is 2.62 bits per heavy atom. The van der Waals surface area contributed by atoms with Gasteiger partial charge in [-0.05, 0) is 30.7 Å². The minimum atomic E-state index is -0.471. The Hall–Kier alpha value is -3.28. The maximum absolute atomic E-state index is 13.4. The van der Waals surface area contributed by atoms with Crippen LogP contribution in [-0.4, -0.2) is 15.9 Å². The van der Waals surface area contributed by atoms with Gasteiger partial charge < -0.3 is 10.3 Å². The number of amides is 1. The van der Waals surface area contributed by atoms with E-state index >= 15 is 0 Å². The van der Waals surface area contributed by atoms with E-state index in [2.05, 4.69) is 15.3 Å². The van der Waals surface area contributed by atoms with Crippen LogP contribution in [0, 0.1) is 12.7 Å². The number of carbonyl (C=O) groups is 1. The number of nitrogens with one attached hydrogen (secondary N) is 2. The zero-order valence-corrected chi connectivity index (χ0v) is 14.2. The molecule has 1 aromatic heterocycles. The molecule has 0 fully saturated rings. The Morgan fingerprint density at radius 1 is 1.15 bits per heavy atom. The normalized spacial score (nSPS) is 11.8. The summed E-state index contributed by atoms with van der Waals surface area (Å²) in [6, 6.07) is 15.9. The van der Waals surface area contributed by atoms with Crippen LogP contribution in [0.5, 0.6) is 0 Å². The van der Waals surface area contributed by atoms with E-state index in [1.54, 1.807) is 13.0 Å². The van der Waals surface area contributed by atoms with Crippen LogP contribution < -0.4 is 10.9 Å². The molecule has 0 unspecified atom stereocenters. The number of rotatable bonds is 5. The molecule has 0 radical (unpaired) electrons. The van der Waals surface area contributed by atoms with Gasteiger partial charge in [0.15, 0.2) is 0 Å². The predicted molar refractivity (Wildman–Crippen MR) is 96.3 cm³/mol. The van der Waals surface area contributed by atoms with Gasteiger partial charge >= 0.3 is 0 Å². The van der Waals surface area contributed by atoms with Crippen molar-refractivity contribution in [1.82, 2.24) is 15.3 Å². The smallest absolute Gasteiger partial charge is 0.251 e. The van der Waals surface area contributed by atoms with Crippen LogP contribution in [-0.2, 0) is 6.42 Å². The number of aromatic nitrogens is 2. The molecule has 2 aromatic carbocycles. The first kappa shape index (κ1) is 17.5. The summed E-state index contributed by atoms with van der Waals surface area (Å²) in [5.41, 5.74) is 1.44. The fourth-order valence-corrected chi connectivity index (χ4v) is 2.76. The molecule has 0 bridgehead atoms. The SMILES string of the molecule is Cc1nc(C[C@H](NC(=O)c2cccc(F)c2)c2ccccc2)cc(=O)[nH]1. The van der Waals surface area contributed by atoms with Gasteiger partial charge in [0, 0.05) is 18.1 Å². The average Bonchev–Trinajstić information content (AvgIpc) is 2.61. The van der Waals surface area contributed by atoms with Crippen molar-refractivity contribution in [1.29, 1.82) is 0 Å². The third-order valence-electron chi connectivity index (χ3n) is 3.92. The second-order valence-electron chi connectivity index (χ2n) is 5.97. The molecule has 132 valence electrons. The summed E-state index contributed by atoms with van der Waals surface area (Å²) < 4.78 is 13.4. The van der Waals surface area contributed by atoms with Gasteiger partial charge in [-0.1, -0.05) is 36.4 Å². The van der Waals surface area contributed by atoms with Crippen molar-refractivity contribution in [3.05, 3.63) is 99.5 Å². The van der Waals surface area contributed by atoms with Gasteiger partial charge in [-0.15, -0.1) is 0 Å². The highest BCUT2D eigenvalue weighted by Crippen LogP contribution is 2.18. The summed E-state index contributed by atoms with van der Waals surface area (Å²) >= 11 is 0. The van der Waals surface area contributed by atoms with E-state index in [0.29, 0.717) is 17.9 Å². The Kier molecular flexibility index (Phi) is 5.22. The molecule has 0 spiro atoms. The van der Waals surface area contributed by atoms with Crippen molar-refractivity contribution in [3.63, 3.8) is 0 Å². The molecule has 3 aromatic rings. The number of hydrogen-bond acceptors (Lipinski definition) is 3. The molecule has 1 amide bonds. The van der Waals surface area contributed by atoms with Crippen molar-refractivity contribution < 1.29 is 9.18 Å². The van der Waals surface area contributed by atoms with Crippen LogP contribution in [0.1, 0.15) is 33.5 Å². The number of aromatic amines is 1. The van der Waals surface area contributed by atoms with Crippen LogP contribution >= 0.6 is 0 Å². The first-order chi connectivity index (χ1) is 12.5. The van der Waals surface area contributed by atoms with Gasteiger partial charge in [0.2, 0.25) is 0 Å². The number of hydrogen-bond donors (Lipinski definition) is 2. The maximum atomic E-state index is 13.4. The van der Waals surface area contributed by atoms with Gasteiger partial charge in [-0.2, -0.15) is 0 Å². The number of aryl methyl sites for hydroxylation is 1. The first-order valence-electron chi connectivity index (χ1n) is 8.19. The fraction of sp³-hybridized carbons (Fsp3) is 0.150. The van der Waals surface area contributed by atoms with Gasteiger partial charge in [-0.3, -0.25) is 9.59 Å². The van der Waals surface area contributed by atoms with E-state index in [1.165, 1.54) is 24.3 Å². The zero-order chi connectivity index (χ0) is 18.5. The lowest BCUT2D eigenvalue weighted by Gasteiger charge is -2.19. The lowest BCUT2D eigenvalue weighted by molar-refractivity contribution is 0.0936.